The fourth-order valence-electron chi connectivity index (χ4n) is 3.38. The molecule has 3 rings (SSSR count). The second-order valence-electron chi connectivity index (χ2n) is 7.38. The Balaban J connectivity index is 1.37. The minimum absolute atomic E-state index is 0.0500. The van der Waals surface area contributed by atoms with E-state index in [1.807, 2.05) is 30.3 Å². The lowest BCUT2D eigenvalue weighted by atomic mass is 10.1. The van der Waals surface area contributed by atoms with Gasteiger partial charge >= 0.3 is 5.97 Å². The second-order valence-corrected chi connectivity index (χ2v) is 9.37. The first-order valence-electron chi connectivity index (χ1n) is 10.1. The zero-order valence-electron chi connectivity index (χ0n) is 17.4. The molecule has 168 valence electrons. The maximum absolute atomic E-state index is 12.3. The summed E-state index contributed by atoms with van der Waals surface area (Å²) < 4.78 is 29.3. The van der Waals surface area contributed by atoms with Gasteiger partial charge in [0.15, 0.2) is 6.61 Å². The number of benzene rings is 1. The van der Waals surface area contributed by atoms with Gasteiger partial charge in [-0.3, -0.25) is 14.4 Å². The van der Waals surface area contributed by atoms with Crippen molar-refractivity contribution in [2.24, 2.45) is 5.10 Å². The maximum atomic E-state index is 12.3. The standard InChI is InChI=1S/C20H26N4O6S/c1-31(28,29)23-13-11-22(12-14-23)19(26)15-30-20(27)8-7-18(25)24-10-9-17(21-24)16-5-3-2-4-6-16/h2-6H,7-15H2,1H3. The Morgan fingerprint density at radius 2 is 1.65 bits per heavy atom. The van der Waals surface area contributed by atoms with Crippen molar-refractivity contribution in [1.82, 2.24) is 14.2 Å². The Kier molecular flexibility index (Phi) is 7.39. The van der Waals surface area contributed by atoms with Crippen LogP contribution < -0.4 is 0 Å². The number of nitrogens with zero attached hydrogens (tertiary/aromatic N) is 4. The Labute approximate surface area is 181 Å². The number of hydrogen-bond acceptors (Lipinski definition) is 7. The Hall–Kier alpha value is -2.79. The summed E-state index contributed by atoms with van der Waals surface area (Å²) in [4.78, 5) is 37.9. The third-order valence-electron chi connectivity index (χ3n) is 5.16. The summed E-state index contributed by atoms with van der Waals surface area (Å²) in [5.74, 6) is -1.29. The van der Waals surface area contributed by atoms with Gasteiger partial charge in [-0.15, -0.1) is 0 Å². The van der Waals surface area contributed by atoms with Gasteiger partial charge in [-0.05, 0) is 5.56 Å². The van der Waals surface area contributed by atoms with Gasteiger partial charge in [-0.1, -0.05) is 30.3 Å². The highest BCUT2D eigenvalue weighted by molar-refractivity contribution is 7.88. The number of hydrazone groups is 1. The van der Waals surface area contributed by atoms with Crippen molar-refractivity contribution in [2.75, 3.05) is 45.6 Å². The zero-order chi connectivity index (χ0) is 22.4. The number of rotatable bonds is 7. The molecule has 1 aromatic rings. The highest BCUT2D eigenvalue weighted by Gasteiger charge is 2.27. The number of esters is 1. The lowest BCUT2D eigenvalue weighted by Gasteiger charge is -2.33. The molecule has 0 unspecified atom stereocenters. The van der Waals surface area contributed by atoms with E-state index < -0.39 is 22.6 Å². The van der Waals surface area contributed by atoms with Crippen molar-refractivity contribution in [2.45, 2.75) is 19.3 Å². The summed E-state index contributed by atoms with van der Waals surface area (Å²) in [7, 11) is -3.28. The molecular weight excluding hydrogens is 424 g/mol. The van der Waals surface area contributed by atoms with Gasteiger partial charge in [0, 0.05) is 39.0 Å². The molecule has 10 nitrogen and oxygen atoms in total. The van der Waals surface area contributed by atoms with E-state index in [2.05, 4.69) is 5.10 Å². The molecule has 0 N–H and O–H groups in total. The monoisotopic (exact) mass is 450 g/mol. The smallest absolute Gasteiger partial charge is 0.306 e. The van der Waals surface area contributed by atoms with Crippen LogP contribution in [-0.2, 0) is 29.1 Å². The zero-order valence-corrected chi connectivity index (χ0v) is 18.2. The third-order valence-corrected chi connectivity index (χ3v) is 6.46. The van der Waals surface area contributed by atoms with E-state index in [0.717, 1.165) is 17.5 Å². The molecule has 2 aliphatic heterocycles. The van der Waals surface area contributed by atoms with Crippen molar-refractivity contribution < 1.29 is 27.5 Å². The number of sulfonamides is 1. The maximum Gasteiger partial charge on any atom is 0.306 e. The SMILES string of the molecule is CS(=O)(=O)N1CCN(C(=O)COC(=O)CCC(=O)N2CCC(c3ccccc3)=N2)CC1. The Morgan fingerprint density at radius 3 is 2.29 bits per heavy atom. The molecule has 0 aromatic heterocycles. The fourth-order valence-corrected chi connectivity index (χ4v) is 4.21. The van der Waals surface area contributed by atoms with Crippen LogP contribution in [0.1, 0.15) is 24.8 Å². The summed E-state index contributed by atoms with van der Waals surface area (Å²) in [6.45, 7) is 0.974. The van der Waals surface area contributed by atoms with Crippen molar-refractivity contribution in [3.63, 3.8) is 0 Å². The highest BCUT2D eigenvalue weighted by atomic mass is 32.2. The molecule has 2 aliphatic rings. The molecule has 11 heteroatoms. The number of carbonyl (C=O) groups excluding carboxylic acids is 3. The first-order valence-corrected chi connectivity index (χ1v) is 11.9. The quantitative estimate of drug-likeness (QED) is 0.542. The number of piperazine rings is 1. The van der Waals surface area contributed by atoms with E-state index in [-0.39, 0.29) is 50.8 Å². The lowest BCUT2D eigenvalue weighted by Crippen LogP contribution is -2.51. The van der Waals surface area contributed by atoms with E-state index in [4.69, 9.17) is 4.74 Å². The Bertz CT molecular complexity index is 955. The number of ether oxygens (including phenoxy) is 1. The van der Waals surface area contributed by atoms with Gasteiger partial charge in [0.1, 0.15) is 0 Å². The molecule has 2 amide bonds. The average molecular weight is 451 g/mol. The fraction of sp³-hybridized carbons (Fsp3) is 0.500. The van der Waals surface area contributed by atoms with Gasteiger partial charge < -0.3 is 9.64 Å². The number of carbonyl (C=O) groups is 3. The minimum atomic E-state index is -3.28. The molecule has 1 saturated heterocycles. The largest absolute Gasteiger partial charge is 0.456 e. The summed E-state index contributed by atoms with van der Waals surface area (Å²) in [6.07, 6.45) is 1.59. The minimum Gasteiger partial charge on any atom is -0.456 e. The first-order chi connectivity index (χ1) is 14.7. The van der Waals surface area contributed by atoms with E-state index >= 15 is 0 Å². The van der Waals surface area contributed by atoms with E-state index in [1.54, 1.807) is 0 Å². The van der Waals surface area contributed by atoms with E-state index in [9.17, 15) is 22.8 Å². The molecule has 1 fully saturated rings. The molecular formula is C20H26N4O6S. The van der Waals surface area contributed by atoms with Crippen molar-refractivity contribution >= 4 is 33.5 Å². The molecule has 31 heavy (non-hydrogen) atoms. The number of amides is 2. The summed E-state index contributed by atoms with van der Waals surface area (Å²) in [5, 5.41) is 5.70. The molecule has 2 heterocycles. The van der Waals surface area contributed by atoms with E-state index in [0.29, 0.717) is 13.0 Å². The van der Waals surface area contributed by atoms with Crippen LogP contribution in [0.3, 0.4) is 0 Å². The van der Waals surface area contributed by atoms with Gasteiger partial charge in [-0.25, -0.2) is 13.4 Å². The summed E-state index contributed by atoms with van der Waals surface area (Å²) in [6, 6.07) is 9.59. The van der Waals surface area contributed by atoms with E-state index in [1.165, 1.54) is 14.2 Å². The van der Waals surface area contributed by atoms with Gasteiger partial charge in [0.25, 0.3) is 5.91 Å². The summed E-state index contributed by atoms with van der Waals surface area (Å²) in [5.41, 5.74) is 1.80. The van der Waals surface area contributed by atoms with Crippen LogP contribution in [0.25, 0.3) is 0 Å². The second kappa shape index (κ2) is 10.0. The summed E-state index contributed by atoms with van der Waals surface area (Å²) >= 11 is 0. The average Bonchev–Trinajstić information content (AvgIpc) is 3.26. The molecule has 0 aliphatic carbocycles. The molecule has 1 aromatic carbocycles. The van der Waals surface area contributed by atoms with Crippen LogP contribution in [0.4, 0.5) is 0 Å². The van der Waals surface area contributed by atoms with Crippen LogP contribution in [0.15, 0.2) is 35.4 Å². The normalized spacial score (nSPS) is 17.4. The molecule has 0 bridgehead atoms. The molecule has 0 atom stereocenters. The molecule has 0 spiro atoms. The van der Waals surface area contributed by atoms with Crippen LogP contribution >= 0.6 is 0 Å². The van der Waals surface area contributed by atoms with Gasteiger partial charge in [0.2, 0.25) is 15.9 Å². The van der Waals surface area contributed by atoms with Crippen molar-refractivity contribution in [1.29, 1.82) is 0 Å². The predicted octanol–water partition coefficient (Wildman–Crippen LogP) is 0.0502. The predicted molar refractivity (Wildman–Crippen MR) is 112 cm³/mol. The van der Waals surface area contributed by atoms with Crippen molar-refractivity contribution in [3.8, 4) is 0 Å². The highest BCUT2D eigenvalue weighted by Crippen LogP contribution is 2.15. The van der Waals surface area contributed by atoms with Crippen molar-refractivity contribution in [3.05, 3.63) is 35.9 Å². The van der Waals surface area contributed by atoms with Gasteiger partial charge in [0.05, 0.1) is 24.9 Å². The third kappa shape index (κ3) is 6.34. The van der Waals surface area contributed by atoms with Crippen LogP contribution in [0.5, 0.6) is 0 Å². The van der Waals surface area contributed by atoms with Gasteiger partial charge in [-0.2, -0.15) is 9.41 Å². The van der Waals surface area contributed by atoms with Crippen LogP contribution in [-0.4, -0.2) is 91.7 Å². The first kappa shape index (κ1) is 22.9. The number of hydrogen-bond donors (Lipinski definition) is 0. The van der Waals surface area contributed by atoms with Crippen LogP contribution in [0.2, 0.25) is 0 Å². The Morgan fingerprint density at radius 1 is 0.968 bits per heavy atom. The molecule has 0 saturated carbocycles. The topological polar surface area (TPSA) is 117 Å². The molecule has 0 radical (unpaired) electrons. The lowest BCUT2D eigenvalue weighted by molar-refractivity contribution is -0.153. The van der Waals surface area contributed by atoms with Crippen LogP contribution in [0, 0.1) is 0 Å².